The first kappa shape index (κ1) is 21.0. The number of rotatable bonds is 4. The van der Waals surface area contributed by atoms with Crippen LogP contribution in [0, 0.1) is 0 Å². The third-order valence-electron chi connectivity index (χ3n) is 5.76. The number of nitrogens with zero attached hydrogens (tertiary/aromatic N) is 8. The SMILES string of the molecule is CN1CCCN(c2nc(NC(=O)c3ccncc3)cc3cc(-c4cn(C)nn4)ncc23)CC1. The highest BCUT2D eigenvalue weighted by atomic mass is 16.1. The van der Waals surface area contributed by atoms with Crippen molar-refractivity contribution >= 4 is 28.3 Å². The summed E-state index contributed by atoms with van der Waals surface area (Å²) in [7, 11) is 3.96. The lowest BCUT2D eigenvalue weighted by molar-refractivity contribution is 0.102. The zero-order chi connectivity index (χ0) is 22.8. The maximum absolute atomic E-state index is 12.8. The quantitative estimate of drug-likeness (QED) is 0.512. The molecule has 1 aliphatic heterocycles. The lowest BCUT2D eigenvalue weighted by atomic mass is 10.1. The molecule has 5 heterocycles. The van der Waals surface area contributed by atoms with Gasteiger partial charge in [0.15, 0.2) is 0 Å². The van der Waals surface area contributed by atoms with Gasteiger partial charge in [-0.3, -0.25) is 19.4 Å². The number of nitrogens with one attached hydrogen (secondary N) is 1. The number of fused-ring (bicyclic) bond motifs is 1. The van der Waals surface area contributed by atoms with Gasteiger partial charge in [-0.1, -0.05) is 5.21 Å². The van der Waals surface area contributed by atoms with Gasteiger partial charge in [0.2, 0.25) is 0 Å². The van der Waals surface area contributed by atoms with Crippen molar-refractivity contribution in [2.24, 2.45) is 7.05 Å². The fraction of sp³-hybridized carbons (Fsp3) is 0.304. The van der Waals surface area contributed by atoms with Gasteiger partial charge in [-0.25, -0.2) is 4.98 Å². The van der Waals surface area contributed by atoms with Crippen molar-refractivity contribution in [1.29, 1.82) is 0 Å². The zero-order valence-corrected chi connectivity index (χ0v) is 18.6. The molecule has 1 N–H and O–H groups in total. The Morgan fingerprint density at radius 1 is 1.03 bits per heavy atom. The molecule has 0 bridgehead atoms. The largest absolute Gasteiger partial charge is 0.355 e. The van der Waals surface area contributed by atoms with E-state index in [9.17, 15) is 4.79 Å². The molecule has 5 rings (SSSR count). The van der Waals surface area contributed by atoms with Gasteiger partial charge in [0, 0.05) is 56.2 Å². The van der Waals surface area contributed by atoms with Crippen molar-refractivity contribution in [2.45, 2.75) is 6.42 Å². The van der Waals surface area contributed by atoms with E-state index in [1.165, 1.54) is 0 Å². The molecular weight excluding hydrogens is 418 g/mol. The summed E-state index contributed by atoms with van der Waals surface area (Å²) in [5.74, 6) is 1.09. The van der Waals surface area contributed by atoms with Crippen LogP contribution in [-0.2, 0) is 7.05 Å². The molecule has 0 radical (unpaired) electrons. The molecular formula is C23H25N9O. The molecule has 4 aromatic rings. The second-order valence-corrected chi connectivity index (χ2v) is 8.23. The van der Waals surface area contributed by atoms with E-state index >= 15 is 0 Å². The first-order valence-electron chi connectivity index (χ1n) is 10.9. The third kappa shape index (κ3) is 4.51. The lowest BCUT2D eigenvalue weighted by Gasteiger charge is -2.24. The maximum atomic E-state index is 12.8. The fourth-order valence-electron chi connectivity index (χ4n) is 3.99. The van der Waals surface area contributed by atoms with Crippen molar-refractivity contribution < 1.29 is 4.79 Å². The number of hydrogen-bond donors (Lipinski definition) is 1. The number of anilines is 2. The van der Waals surface area contributed by atoms with E-state index in [0.29, 0.717) is 17.1 Å². The Kier molecular flexibility index (Phi) is 5.66. The Hall–Kier alpha value is -3.92. The van der Waals surface area contributed by atoms with Crippen molar-refractivity contribution in [2.75, 3.05) is 43.4 Å². The van der Waals surface area contributed by atoms with Gasteiger partial charge in [0.05, 0.1) is 11.9 Å². The fourth-order valence-corrected chi connectivity index (χ4v) is 3.99. The number of carbonyl (C=O) groups is 1. The molecule has 168 valence electrons. The predicted octanol–water partition coefficient (Wildman–Crippen LogP) is 2.21. The minimum Gasteiger partial charge on any atom is -0.355 e. The van der Waals surface area contributed by atoms with Gasteiger partial charge in [0.25, 0.3) is 5.91 Å². The minimum atomic E-state index is -0.228. The van der Waals surface area contributed by atoms with Crippen LogP contribution >= 0.6 is 0 Å². The zero-order valence-electron chi connectivity index (χ0n) is 18.6. The topological polar surface area (TPSA) is 105 Å². The first-order valence-corrected chi connectivity index (χ1v) is 10.9. The van der Waals surface area contributed by atoms with E-state index in [2.05, 4.69) is 42.4 Å². The van der Waals surface area contributed by atoms with Crippen LogP contribution in [-0.4, -0.2) is 74.0 Å². The summed E-state index contributed by atoms with van der Waals surface area (Å²) in [6.45, 7) is 3.73. The van der Waals surface area contributed by atoms with Crippen LogP contribution in [0.15, 0.2) is 49.1 Å². The molecule has 10 nitrogen and oxygen atoms in total. The van der Waals surface area contributed by atoms with E-state index < -0.39 is 0 Å². The number of carbonyl (C=O) groups excluding carboxylic acids is 1. The van der Waals surface area contributed by atoms with Crippen molar-refractivity contribution in [3.05, 3.63) is 54.6 Å². The summed E-state index contributed by atoms with van der Waals surface area (Å²) >= 11 is 0. The minimum absolute atomic E-state index is 0.228. The van der Waals surface area contributed by atoms with E-state index in [-0.39, 0.29) is 5.91 Å². The number of pyridine rings is 3. The summed E-state index contributed by atoms with van der Waals surface area (Å²) in [5.41, 5.74) is 1.94. The predicted molar refractivity (Wildman–Crippen MR) is 126 cm³/mol. The molecule has 0 saturated carbocycles. The number of hydrogen-bond acceptors (Lipinski definition) is 8. The van der Waals surface area contributed by atoms with E-state index in [0.717, 1.165) is 54.9 Å². The van der Waals surface area contributed by atoms with Gasteiger partial charge in [-0.2, -0.15) is 0 Å². The summed E-state index contributed by atoms with van der Waals surface area (Å²) in [4.78, 5) is 30.9. The van der Waals surface area contributed by atoms with Crippen LogP contribution in [0.2, 0.25) is 0 Å². The molecule has 0 spiro atoms. The van der Waals surface area contributed by atoms with E-state index in [1.54, 1.807) is 29.2 Å². The first-order chi connectivity index (χ1) is 16.1. The summed E-state index contributed by atoms with van der Waals surface area (Å²) in [5, 5.41) is 13.0. The third-order valence-corrected chi connectivity index (χ3v) is 5.76. The highest BCUT2D eigenvalue weighted by molar-refractivity contribution is 6.05. The Balaban J connectivity index is 1.57. The van der Waals surface area contributed by atoms with Crippen LogP contribution in [0.4, 0.5) is 11.6 Å². The van der Waals surface area contributed by atoms with Crippen LogP contribution in [0.1, 0.15) is 16.8 Å². The standard InChI is InChI=1S/C23H25N9O/c1-30-8-3-9-32(11-10-30)22-18-14-25-19(20-15-31(2)29-28-20)12-17(18)13-21(26-22)27-23(33)16-4-6-24-7-5-16/h4-7,12-15H,3,8-11H2,1-2H3,(H,26,27,33). The number of aromatic nitrogens is 6. The average Bonchev–Trinajstić information content (AvgIpc) is 3.15. The Morgan fingerprint density at radius 3 is 2.67 bits per heavy atom. The molecule has 1 saturated heterocycles. The van der Waals surface area contributed by atoms with E-state index in [1.807, 2.05) is 31.6 Å². The summed E-state index contributed by atoms with van der Waals surface area (Å²) in [6, 6.07) is 7.20. The molecule has 1 fully saturated rings. The molecule has 0 aliphatic carbocycles. The van der Waals surface area contributed by atoms with Crippen LogP contribution < -0.4 is 10.2 Å². The Morgan fingerprint density at radius 2 is 1.88 bits per heavy atom. The molecule has 0 atom stereocenters. The van der Waals surface area contributed by atoms with Crippen LogP contribution in [0.25, 0.3) is 22.2 Å². The van der Waals surface area contributed by atoms with Gasteiger partial charge >= 0.3 is 0 Å². The molecule has 0 unspecified atom stereocenters. The van der Waals surface area contributed by atoms with Crippen LogP contribution in [0.5, 0.6) is 0 Å². The number of likely N-dealkylation sites (N-methyl/N-ethyl adjacent to an activating group) is 1. The molecule has 4 aromatic heterocycles. The normalized spacial score (nSPS) is 14.9. The van der Waals surface area contributed by atoms with Gasteiger partial charge in [-0.15, -0.1) is 5.10 Å². The molecule has 1 amide bonds. The molecule has 10 heteroatoms. The summed E-state index contributed by atoms with van der Waals surface area (Å²) in [6.07, 6.45) is 7.90. The highest BCUT2D eigenvalue weighted by Crippen LogP contribution is 2.30. The second-order valence-electron chi connectivity index (χ2n) is 8.23. The number of aryl methyl sites for hydroxylation is 1. The Bertz CT molecular complexity index is 1290. The van der Waals surface area contributed by atoms with Gasteiger partial charge < -0.3 is 15.1 Å². The van der Waals surface area contributed by atoms with Gasteiger partial charge in [-0.05, 0) is 49.7 Å². The molecule has 0 aromatic carbocycles. The highest BCUT2D eigenvalue weighted by Gasteiger charge is 2.19. The van der Waals surface area contributed by atoms with Crippen molar-refractivity contribution in [3.8, 4) is 11.4 Å². The average molecular weight is 444 g/mol. The van der Waals surface area contributed by atoms with Crippen LogP contribution in [0.3, 0.4) is 0 Å². The van der Waals surface area contributed by atoms with Gasteiger partial charge in [0.1, 0.15) is 17.3 Å². The van der Waals surface area contributed by atoms with E-state index in [4.69, 9.17) is 4.98 Å². The number of amides is 1. The molecule has 1 aliphatic rings. The second kappa shape index (κ2) is 8.91. The molecule has 33 heavy (non-hydrogen) atoms. The monoisotopic (exact) mass is 443 g/mol. The summed E-state index contributed by atoms with van der Waals surface area (Å²) < 4.78 is 1.65. The Labute approximate surface area is 191 Å². The maximum Gasteiger partial charge on any atom is 0.256 e. The lowest BCUT2D eigenvalue weighted by Crippen LogP contribution is -2.29. The van der Waals surface area contributed by atoms with Crippen molar-refractivity contribution in [1.82, 2.24) is 34.8 Å². The smallest absolute Gasteiger partial charge is 0.256 e. The van der Waals surface area contributed by atoms with Crippen molar-refractivity contribution in [3.63, 3.8) is 0 Å².